The lowest BCUT2D eigenvalue weighted by molar-refractivity contribution is 0.0951. The molecule has 0 fully saturated rings. The Balaban J connectivity index is 1.29. The van der Waals surface area contributed by atoms with E-state index in [0.29, 0.717) is 5.58 Å². The second-order valence-corrected chi connectivity index (χ2v) is 8.89. The number of carbonyl (C=O) groups is 1. The van der Waals surface area contributed by atoms with Gasteiger partial charge in [0.1, 0.15) is 16.8 Å². The SMILES string of the molecule is N=c1oc2ccc(-c3ccccc3)cc2cc1C(=O)NN=Cc1cn(-c2ccccc2)nc1-c1ccccc1. The van der Waals surface area contributed by atoms with Crippen molar-refractivity contribution in [2.45, 2.75) is 0 Å². The van der Waals surface area contributed by atoms with Crippen molar-refractivity contribution >= 4 is 23.1 Å². The molecule has 4 aromatic carbocycles. The predicted molar refractivity (Wildman–Crippen MR) is 152 cm³/mol. The molecule has 0 aliphatic carbocycles. The Morgan fingerprint density at radius 1 is 0.821 bits per heavy atom. The van der Waals surface area contributed by atoms with Crippen LogP contribution in [0.4, 0.5) is 0 Å². The molecule has 1 amide bonds. The van der Waals surface area contributed by atoms with Gasteiger partial charge >= 0.3 is 0 Å². The second-order valence-electron chi connectivity index (χ2n) is 8.89. The van der Waals surface area contributed by atoms with Crippen molar-refractivity contribution in [1.29, 1.82) is 5.41 Å². The zero-order chi connectivity index (χ0) is 26.6. The molecule has 0 bridgehead atoms. The van der Waals surface area contributed by atoms with Crippen LogP contribution in [0, 0.1) is 5.41 Å². The summed E-state index contributed by atoms with van der Waals surface area (Å²) < 4.78 is 7.42. The third-order valence-electron chi connectivity index (χ3n) is 6.30. The molecule has 0 atom stereocenters. The molecule has 6 aromatic rings. The average Bonchev–Trinajstić information content (AvgIpc) is 3.42. The maximum atomic E-state index is 13.0. The van der Waals surface area contributed by atoms with Gasteiger partial charge in [-0.2, -0.15) is 10.2 Å². The van der Waals surface area contributed by atoms with Crippen molar-refractivity contribution in [2.24, 2.45) is 5.10 Å². The molecule has 2 heterocycles. The lowest BCUT2D eigenvalue weighted by Crippen LogP contribution is -2.24. The van der Waals surface area contributed by atoms with E-state index < -0.39 is 5.91 Å². The number of nitrogens with zero attached hydrogens (tertiary/aromatic N) is 3. The van der Waals surface area contributed by atoms with Crippen LogP contribution in [0.5, 0.6) is 0 Å². The van der Waals surface area contributed by atoms with Gasteiger partial charge in [0.15, 0.2) is 0 Å². The molecule has 7 heteroatoms. The van der Waals surface area contributed by atoms with Gasteiger partial charge in [0.2, 0.25) is 5.55 Å². The Labute approximate surface area is 224 Å². The number of rotatable bonds is 6. The van der Waals surface area contributed by atoms with Crippen molar-refractivity contribution in [1.82, 2.24) is 15.2 Å². The first-order valence-electron chi connectivity index (χ1n) is 12.4. The van der Waals surface area contributed by atoms with Crippen LogP contribution < -0.4 is 11.0 Å². The van der Waals surface area contributed by atoms with E-state index in [9.17, 15) is 4.79 Å². The van der Waals surface area contributed by atoms with Crippen molar-refractivity contribution in [3.8, 4) is 28.1 Å². The van der Waals surface area contributed by atoms with Gasteiger partial charge in [-0.15, -0.1) is 0 Å². The minimum atomic E-state index is -0.538. The highest BCUT2D eigenvalue weighted by Gasteiger charge is 2.14. The third kappa shape index (κ3) is 5.01. The summed E-state index contributed by atoms with van der Waals surface area (Å²) in [5.74, 6) is -0.538. The number of hydrogen-bond acceptors (Lipinski definition) is 5. The first-order valence-corrected chi connectivity index (χ1v) is 12.4. The molecule has 39 heavy (non-hydrogen) atoms. The maximum absolute atomic E-state index is 13.0. The number of aromatic nitrogens is 2. The summed E-state index contributed by atoms with van der Waals surface area (Å²) in [6, 6.07) is 36.8. The number of amides is 1. The van der Waals surface area contributed by atoms with E-state index in [1.54, 1.807) is 17.0 Å². The molecule has 0 radical (unpaired) electrons. The Hall–Kier alpha value is -5.56. The summed E-state index contributed by atoms with van der Waals surface area (Å²) in [4.78, 5) is 13.0. The fourth-order valence-corrected chi connectivity index (χ4v) is 4.35. The predicted octanol–water partition coefficient (Wildman–Crippen LogP) is 6.20. The number of para-hydroxylation sites is 1. The van der Waals surface area contributed by atoms with Gasteiger partial charge < -0.3 is 4.42 Å². The van der Waals surface area contributed by atoms with Crippen LogP contribution in [-0.4, -0.2) is 21.9 Å². The maximum Gasteiger partial charge on any atom is 0.276 e. The molecule has 2 aromatic heterocycles. The molecule has 0 aliphatic rings. The Kier molecular flexibility index (Phi) is 6.37. The molecule has 0 saturated carbocycles. The molecular formula is C32H23N5O2. The van der Waals surface area contributed by atoms with Crippen LogP contribution >= 0.6 is 0 Å². The zero-order valence-corrected chi connectivity index (χ0v) is 20.8. The molecule has 2 N–H and O–H groups in total. The Bertz CT molecular complexity index is 1860. The summed E-state index contributed by atoms with van der Waals surface area (Å²) in [5, 5.41) is 17.9. The van der Waals surface area contributed by atoms with Crippen molar-refractivity contribution in [3.63, 3.8) is 0 Å². The smallest absolute Gasteiger partial charge is 0.276 e. The molecular weight excluding hydrogens is 486 g/mol. The van der Waals surface area contributed by atoms with Crippen LogP contribution in [-0.2, 0) is 0 Å². The average molecular weight is 510 g/mol. The van der Waals surface area contributed by atoms with E-state index in [0.717, 1.165) is 39.0 Å². The van der Waals surface area contributed by atoms with Gasteiger partial charge in [0, 0.05) is 22.7 Å². The number of nitrogens with one attached hydrogen (secondary N) is 2. The normalized spacial score (nSPS) is 11.2. The highest BCUT2D eigenvalue weighted by atomic mass is 16.3. The summed E-state index contributed by atoms with van der Waals surface area (Å²) in [6.45, 7) is 0. The lowest BCUT2D eigenvalue weighted by Gasteiger charge is -2.06. The lowest BCUT2D eigenvalue weighted by atomic mass is 10.0. The van der Waals surface area contributed by atoms with E-state index in [4.69, 9.17) is 14.9 Å². The third-order valence-corrected chi connectivity index (χ3v) is 6.30. The van der Waals surface area contributed by atoms with Crippen LogP contribution in [0.2, 0.25) is 0 Å². The molecule has 188 valence electrons. The van der Waals surface area contributed by atoms with Crippen molar-refractivity contribution in [2.75, 3.05) is 0 Å². The summed E-state index contributed by atoms with van der Waals surface area (Å²) in [5.41, 5.74) is 8.26. The van der Waals surface area contributed by atoms with Gasteiger partial charge in [-0.3, -0.25) is 10.2 Å². The molecule has 0 saturated heterocycles. The molecule has 0 unspecified atom stereocenters. The summed E-state index contributed by atoms with van der Waals surface area (Å²) in [6.07, 6.45) is 3.42. The number of carbonyl (C=O) groups excluding carboxylic acids is 1. The van der Waals surface area contributed by atoms with Gasteiger partial charge in [-0.1, -0.05) is 84.9 Å². The highest BCUT2D eigenvalue weighted by Crippen LogP contribution is 2.25. The van der Waals surface area contributed by atoms with Gasteiger partial charge in [-0.25, -0.2) is 10.1 Å². The fourth-order valence-electron chi connectivity index (χ4n) is 4.35. The van der Waals surface area contributed by atoms with Gasteiger partial charge in [0.25, 0.3) is 5.91 Å². The van der Waals surface area contributed by atoms with Gasteiger partial charge in [0.05, 0.1) is 11.9 Å². The molecule has 6 rings (SSSR count). The van der Waals surface area contributed by atoms with Crippen molar-refractivity contribution < 1.29 is 9.21 Å². The van der Waals surface area contributed by atoms with E-state index in [-0.39, 0.29) is 11.1 Å². The Morgan fingerprint density at radius 2 is 1.49 bits per heavy atom. The summed E-state index contributed by atoms with van der Waals surface area (Å²) in [7, 11) is 0. The van der Waals surface area contributed by atoms with E-state index in [2.05, 4.69) is 10.5 Å². The van der Waals surface area contributed by atoms with Crippen LogP contribution in [0.1, 0.15) is 15.9 Å². The van der Waals surface area contributed by atoms with E-state index in [1.165, 1.54) is 0 Å². The second kappa shape index (κ2) is 10.4. The fraction of sp³-hybridized carbons (Fsp3) is 0. The first-order chi connectivity index (χ1) is 19.2. The molecule has 0 aliphatic heterocycles. The number of hydrazone groups is 1. The van der Waals surface area contributed by atoms with E-state index in [1.807, 2.05) is 115 Å². The standard InChI is InChI=1S/C32H23N5O2/c33-31-28(19-25-18-24(16-17-29(25)39-31)22-10-4-1-5-11-22)32(38)35-34-20-26-21-37(27-14-8-3-9-15-27)36-30(26)23-12-6-2-7-13-23/h1-21,33H,(H,35,38). The topological polar surface area (TPSA) is 96.3 Å². The summed E-state index contributed by atoms with van der Waals surface area (Å²) >= 11 is 0. The van der Waals surface area contributed by atoms with Crippen LogP contribution in [0.3, 0.4) is 0 Å². The van der Waals surface area contributed by atoms with Crippen molar-refractivity contribution in [3.05, 3.63) is 138 Å². The monoisotopic (exact) mass is 509 g/mol. The number of fused-ring (bicyclic) bond motifs is 1. The van der Waals surface area contributed by atoms with E-state index >= 15 is 0 Å². The largest absolute Gasteiger partial charge is 0.438 e. The zero-order valence-electron chi connectivity index (χ0n) is 20.8. The highest BCUT2D eigenvalue weighted by molar-refractivity contribution is 5.98. The molecule has 0 spiro atoms. The molecule has 7 nitrogen and oxygen atoms in total. The number of hydrogen-bond donors (Lipinski definition) is 2. The Morgan fingerprint density at radius 3 is 2.21 bits per heavy atom. The van der Waals surface area contributed by atoms with Gasteiger partial charge in [-0.05, 0) is 41.5 Å². The quantitative estimate of drug-likeness (QED) is 0.207. The first kappa shape index (κ1) is 23.8. The van der Waals surface area contributed by atoms with Crippen LogP contribution in [0.25, 0.3) is 39.0 Å². The number of benzene rings is 4. The van der Waals surface area contributed by atoms with Crippen LogP contribution in [0.15, 0.2) is 131 Å². The minimum Gasteiger partial charge on any atom is -0.438 e. The minimum absolute atomic E-state index is 0.0909.